The summed E-state index contributed by atoms with van der Waals surface area (Å²) in [4.78, 5) is 0. The van der Waals surface area contributed by atoms with Gasteiger partial charge < -0.3 is 10.1 Å². The van der Waals surface area contributed by atoms with Crippen LogP contribution in [-0.4, -0.2) is 14.2 Å². The van der Waals surface area contributed by atoms with Gasteiger partial charge in [-0.05, 0) is 19.4 Å². The molecule has 2 aromatic rings. The first-order chi connectivity index (χ1) is 7.77. The van der Waals surface area contributed by atoms with Crippen molar-refractivity contribution in [2.24, 2.45) is 0 Å². The summed E-state index contributed by atoms with van der Waals surface area (Å²) < 4.78 is 5.54. The van der Waals surface area contributed by atoms with Crippen molar-refractivity contribution >= 4 is 10.8 Å². The Bertz CT molecular complexity index is 493. The van der Waals surface area contributed by atoms with Crippen LogP contribution in [0.25, 0.3) is 10.8 Å². The molecule has 0 saturated carbocycles. The Morgan fingerprint density at radius 3 is 2.56 bits per heavy atom. The van der Waals surface area contributed by atoms with Crippen LogP contribution in [0.2, 0.25) is 0 Å². The standard InChI is InChI=1S/C14H17NO/c1-10(15-2)12-9-8-11-6-4-5-7-13(11)14(12)16-3/h4-10,15H,1-3H3. The van der Waals surface area contributed by atoms with Crippen molar-refractivity contribution in [1.82, 2.24) is 5.32 Å². The molecule has 0 aliphatic rings. The highest BCUT2D eigenvalue weighted by Gasteiger charge is 2.12. The first-order valence-corrected chi connectivity index (χ1v) is 5.51. The Balaban J connectivity index is 2.67. The number of hydrogen-bond acceptors (Lipinski definition) is 2. The second-order valence-corrected chi connectivity index (χ2v) is 3.92. The lowest BCUT2D eigenvalue weighted by atomic mass is 10.0. The lowest BCUT2D eigenvalue weighted by molar-refractivity contribution is 0.409. The van der Waals surface area contributed by atoms with Crippen LogP contribution in [0.3, 0.4) is 0 Å². The number of fused-ring (bicyclic) bond motifs is 1. The van der Waals surface area contributed by atoms with Gasteiger partial charge in [-0.1, -0.05) is 36.4 Å². The fraction of sp³-hybridized carbons (Fsp3) is 0.286. The van der Waals surface area contributed by atoms with Gasteiger partial charge >= 0.3 is 0 Å². The first-order valence-electron chi connectivity index (χ1n) is 5.51. The van der Waals surface area contributed by atoms with E-state index in [0.29, 0.717) is 6.04 Å². The molecule has 1 unspecified atom stereocenters. The fourth-order valence-corrected chi connectivity index (χ4v) is 1.98. The number of rotatable bonds is 3. The minimum Gasteiger partial charge on any atom is -0.496 e. The van der Waals surface area contributed by atoms with E-state index in [1.54, 1.807) is 7.11 Å². The quantitative estimate of drug-likeness (QED) is 0.849. The zero-order valence-corrected chi connectivity index (χ0v) is 9.95. The Labute approximate surface area is 96.2 Å². The molecule has 2 aromatic carbocycles. The van der Waals surface area contributed by atoms with Gasteiger partial charge in [-0.25, -0.2) is 0 Å². The molecule has 84 valence electrons. The molecule has 0 aromatic heterocycles. The van der Waals surface area contributed by atoms with Gasteiger partial charge in [0.25, 0.3) is 0 Å². The van der Waals surface area contributed by atoms with Crippen LogP contribution >= 0.6 is 0 Å². The van der Waals surface area contributed by atoms with E-state index in [4.69, 9.17) is 4.74 Å². The molecule has 0 spiro atoms. The molecule has 0 amide bonds. The van der Waals surface area contributed by atoms with Gasteiger partial charge in [0.1, 0.15) is 5.75 Å². The van der Waals surface area contributed by atoms with Crippen molar-refractivity contribution in [2.45, 2.75) is 13.0 Å². The van der Waals surface area contributed by atoms with E-state index >= 15 is 0 Å². The van der Waals surface area contributed by atoms with Gasteiger partial charge in [0.05, 0.1) is 7.11 Å². The summed E-state index contributed by atoms with van der Waals surface area (Å²) in [5, 5.41) is 5.63. The topological polar surface area (TPSA) is 21.3 Å². The Morgan fingerprint density at radius 2 is 1.88 bits per heavy atom. The molecular weight excluding hydrogens is 198 g/mol. The van der Waals surface area contributed by atoms with Crippen LogP contribution in [0.1, 0.15) is 18.5 Å². The van der Waals surface area contributed by atoms with E-state index in [9.17, 15) is 0 Å². The third-order valence-electron chi connectivity index (χ3n) is 3.01. The van der Waals surface area contributed by atoms with Gasteiger partial charge in [0.15, 0.2) is 0 Å². The Hall–Kier alpha value is -1.54. The summed E-state index contributed by atoms with van der Waals surface area (Å²) >= 11 is 0. The predicted octanol–water partition coefficient (Wildman–Crippen LogP) is 3.13. The van der Waals surface area contributed by atoms with Crippen molar-refractivity contribution in [2.75, 3.05) is 14.2 Å². The van der Waals surface area contributed by atoms with Gasteiger partial charge in [0, 0.05) is 17.0 Å². The second kappa shape index (κ2) is 4.54. The molecule has 1 N–H and O–H groups in total. The van der Waals surface area contributed by atoms with Crippen LogP contribution in [0.15, 0.2) is 36.4 Å². The Morgan fingerprint density at radius 1 is 1.12 bits per heavy atom. The van der Waals surface area contributed by atoms with E-state index in [1.807, 2.05) is 19.2 Å². The molecule has 0 bridgehead atoms. The lowest BCUT2D eigenvalue weighted by Gasteiger charge is -2.16. The molecule has 0 radical (unpaired) electrons. The van der Waals surface area contributed by atoms with E-state index < -0.39 is 0 Å². The number of benzene rings is 2. The van der Waals surface area contributed by atoms with E-state index in [2.05, 4.69) is 36.5 Å². The van der Waals surface area contributed by atoms with Crippen LogP contribution in [0.5, 0.6) is 5.75 Å². The predicted molar refractivity (Wildman–Crippen MR) is 68.0 cm³/mol. The zero-order valence-electron chi connectivity index (χ0n) is 9.95. The molecule has 0 saturated heterocycles. The minimum absolute atomic E-state index is 0.291. The van der Waals surface area contributed by atoms with Crippen LogP contribution in [0.4, 0.5) is 0 Å². The number of ether oxygens (including phenoxy) is 1. The highest BCUT2D eigenvalue weighted by molar-refractivity contribution is 5.89. The molecule has 0 aliphatic heterocycles. The zero-order chi connectivity index (χ0) is 11.5. The maximum absolute atomic E-state index is 5.54. The molecule has 2 heteroatoms. The summed E-state index contributed by atoms with van der Waals surface area (Å²) in [7, 11) is 3.69. The Kier molecular flexibility index (Phi) is 3.11. The highest BCUT2D eigenvalue weighted by Crippen LogP contribution is 2.32. The maximum atomic E-state index is 5.54. The molecule has 1 atom stereocenters. The number of nitrogens with one attached hydrogen (secondary N) is 1. The molecule has 2 rings (SSSR count). The van der Waals surface area contributed by atoms with Gasteiger partial charge in [-0.15, -0.1) is 0 Å². The normalized spacial score (nSPS) is 12.7. The summed E-state index contributed by atoms with van der Waals surface area (Å²) in [5.74, 6) is 0.972. The van der Waals surface area contributed by atoms with Gasteiger partial charge in [0.2, 0.25) is 0 Å². The smallest absolute Gasteiger partial charge is 0.131 e. The van der Waals surface area contributed by atoms with Crippen molar-refractivity contribution in [3.63, 3.8) is 0 Å². The largest absolute Gasteiger partial charge is 0.496 e. The van der Waals surface area contributed by atoms with Gasteiger partial charge in [-0.3, -0.25) is 0 Å². The first kappa shape index (κ1) is 11.0. The monoisotopic (exact) mass is 215 g/mol. The molecule has 2 nitrogen and oxygen atoms in total. The van der Waals surface area contributed by atoms with Crippen LogP contribution in [0, 0.1) is 0 Å². The molecule has 0 fully saturated rings. The van der Waals surface area contributed by atoms with Crippen molar-refractivity contribution < 1.29 is 4.74 Å². The van der Waals surface area contributed by atoms with Crippen molar-refractivity contribution in [1.29, 1.82) is 0 Å². The lowest BCUT2D eigenvalue weighted by Crippen LogP contribution is -2.13. The summed E-state index contributed by atoms with van der Waals surface area (Å²) in [6.07, 6.45) is 0. The highest BCUT2D eigenvalue weighted by atomic mass is 16.5. The number of methoxy groups -OCH3 is 1. The molecule has 16 heavy (non-hydrogen) atoms. The average molecular weight is 215 g/mol. The van der Waals surface area contributed by atoms with E-state index in [-0.39, 0.29) is 0 Å². The van der Waals surface area contributed by atoms with E-state index in [1.165, 1.54) is 16.3 Å². The number of hydrogen-bond donors (Lipinski definition) is 1. The summed E-state index contributed by atoms with van der Waals surface area (Å²) in [6.45, 7) is 2.13. The van der Waals surface area contributed by atoms with Gasteiger partial charge in [-0.2, -0.15) is 0 Å². The fourth-order valence-electron chi connectivity index (χ4n) is 1.98. The van der Waals surface area contributed by atoms with Crippen LogP contribution < -0.4 is 10.1 Å². The minimum atomic E-state index is 0.291. The third-order valence-corrected chi connectivity index (χ3v) is 3.01. The average Bonchev–Trinajstić information content (AvgIpc) is 2.36. The molecule has 0 aliphatic carbocycles. The van der Waals surface area contributed by atoms with Crippen molar-refractivity contribution in [3.05, 3.63) is 42.0 Å². The second-order valence-electron chi connectivity index (χ2n) is 3.92. The SMILES string of the molecule is CNC(C)c1ccc2ccccc2c1OC. The van der Waals surface area contributed by atoms with E-state index in [0.717, 1.165) is 5.75 Å². The van der Waals surface area contributed by atoms with Crippen molar-refractivity contribution in [3.8, 4) is 5.75 Å². The maximum Gasteiger partial charge on any atom is 0.131 e. The van der Waals surface area contributed by atoms with Crippen LogP contribution in [-0.2, 0) is 0 Å². The molecule has 0 heterocycles. The summed E-state index contributed by atoms with van der Waals surface area (Å²) in [6, 6.07) is 12.8. The molecular formula is C14H17NO. The summed E-state index contributed by atoms with van der Waals surface area (Å²) in [5.41, 5.74) is 1.20. The third kappa shape index (κ3) is 1.76.